The first-order valence-electron chi connectivity index (χ1n) is 9.29. The number of carbonyl (C=O) groups is 1. The molecule has 3 aromatic rings. The molecule has 7 nitrogen and oxygen atoms in total. The maximum atomic E-state index is 12.8. The standard InChI is InChI=1S/C22H24N4O3S/c1-16-5-12-20(13-6-16)30(28,29)26(4)19-10-7-17(8-11-19)22(27)24-18-9-14-21(23-15-18)25(2)3/h5-15H,1-4H3,(H,24,27). The second-order valence-electron chi connectivity index (χ2n) is 7.09. The third kappa shape index (κ3) is 4.60. The first-order chi connectivity index (χ1) is 14.2. The molecule has 0 fully saturated rings. The largest absolute Gasteiger partial charge is 0.363 e. The fourth-order valence-electron chi connectivity index (χ4n) is 2.76. The molecule has 0 saturated carbocycles. The maximum absolute atomic E-state index is 12.8. The number of hydrogen-bond acceptors (Lipinski definition) is 5. The number of anilines is 3. The number of carbonyl (C=O) groups excluding carboxylic acids is 1. The quantitative estimate of drug-likeness (QED) is 0.655. The molecule has 8 heteroatoms. The van der Waals surface area contributed by atoms with Crippen molar-refractivity contribution in [3.63, 3.8) is 0 Å². The topological polar surface area (TPSA) is 82.6 Å². The number of aromatic nitrogens is 1. The van der Waals surface area contributed by atoms with E-state index in [2.05, 4.69) is 10.3 Å². The molecule has 156 valence electrons. The zero-order chi connectivity index (χ0) is 21.9. The molecule has 0 aliphatic rings. The van der Waals surface area contributed by atoms with Crippen molar-refractivity contribution in [2.24, 2.45) is 0 Å². The van der Waals surface area contributed by atoms with Crippen molar-refractivity contribution in [2.45, 2.75) is 11.8 Å². The number of sulfonamides is 1. The summed E-state index contributed by atoms with van der Waals surface area (Å²) in [4.78, 5) is 18.8. The molecule has 1 N–H and O–H groups in total. The van der Waals surface area contributed by atoms with Gasteiger partial charge in [0.2, 0.25) is 0 Å². The highest BCUT2D eigenvalue weighted by atomic mass is 32.2. The molecule has 30 heavy (non-hydrogen) atoms. The Hall–Kier alpha value is -3.39. The molecule has 0 aliphatic heterocycles. The van der Waals surface area contributed by atoms with Crippen molar-refractivity contribution in [1.29, 1.82) is 0 Å². The Kier molecular flexibility index (Phi) is 6.07. The zero-order valence-corrected chi connectivity index (χ0v) is 18.1. The highest BCUT2D eigenvalue weighted by Gasteiger charge is 2.21. The van der Waals surface area contributed by atoms with Gasteiger partial charge in [-0.2, -0.15) is 0 Å². The Morgan fingerprint density at radius 2 is 1.53 bits per heavy atom. The molecular weight excluding hydrogens is 400 g/mol. The molecule has 0 unspecified atom stereocenters. The number of hydrogen-bond donors (Lipinski definition) is 1. The summed E-state index contributed by atoms with van der Waals surface area (Å²) < 4.78 is 26.8. The van der Waals surface area contributed by atoms with Gasteiger partial charge in [-0.1, -0.05) is 17.7 Å². The zero-order valence-electron chi connectivity index (χ0n) is 17.3. The minimum Gasteiger partial charge on any atom is -0.363 e. The summed E-state index contributed by atoms with van der Waals surface area (Å²) in [5.41, 5.74) is 2.44. The number of aryl methyl sites for hydroxylation is 1. The van der Waals surface area contributed by atoms with E-state index in [0.717, 1.165) is 11.4 Å². The van der Waals surface area contributed by atoms with Gasteiger partial charge in [0.1, 0.15) is 5.82 Å². The van der Waals surface area contributed by atoms with Gasteiger partial charge >= 0.3 is 0 Å². The molecule has 3 rings (SSSR count). The van der Waals surface area contributed by atoms with E-state index in [9.17, 15) is 13.2 Å². The van der Waals surface area contributed by atoms with Crippen molar-refractivity contribution in [3.8, 4) is 0 Å². The Labute approximate surface area is 177 Å². The minimum absolute atomic E-state index is 0.214. The Bertz CT molecular complexity index is 1120. The van der Waals surface area contributed by atoms with Crippen LogP contribution in [-0.2, 0) is 10.0 Å². The van der Waals surface area contributed by atoms with Crippen LogP contribution < -0.4 is 14.5 Å². The lowest BCUT2D eigenvalue weighted by molar-refractivity contribution is 0.102. The summed E-state index contributed by atoms with van der Waals surface area (Å²) in [5.74, 6) is 0.486. The van der Waals surface area contributed by atoms with Crippen LogP contribution in [0.2, 0.25) is 0 Å². The third-order valence-electron chi connectivity index (χ3n) is 4.64. The summed E-state index contributed by atoms with van der Waals surface area (Å²) in [7, 11) is 1.58. The van der Waals surface area contributed by atoms with Gasteiger partial charge in [0.05, 0.1) is 22.5 Å². The summed E-state index contributed by atoms with van der Waals surface area (Å²) >= 11 is 0. The van der Waals surface area contributed by atoms with Crippen molar-refractivity contribution >= 4 is 33.1 Å². The highest BCUT2D eigenvalue weighted by molar-refractivity contribution is 7.92. The van der Waals surface area contributed by atoms with Crippen LogP contribution in [0.4, 0.5) is 17.2 Å². The number of nitrogens with one attached hydrogen (secondary N) is 1. The minimum atomic E-state index is -3.68. The molecule has 0 saturated heterocycles. The predicted molar refractivity (Wildman–Crippen MR) is 120 cm³/mol. The first kappa shape index (κ1) is 21.3. The van der Waals surface area contributed by atoms with Crippen LogP contribution in [0.3, 0.4) is 0 Å². The molecule has 0 spiro atoms. The predicted octanol–water partition coefficient (Wildman–Crippen LogP) is 3.53. The summed E-state index contributed by atoms with van der Waals surface area (Å²) in [6.45, 7) is 1.90. The summed E-state index contributed by atoms with van der Waals surface area (Å²) in [6, 6.07) is 16.7. The fraction of sp³-hybridized carbons (Fsp3) is 0.182. The van der Waals surface area contributed by atoms with Gasteiger partial charge in [-0.3, -0.25) is 9.10 Å². The lowest BCUT2D eigenvalue weighted by Crippen LogP contribution is -2.26. The van der Waals surface area contributed by atoms with Crippen LogP contribution in [-0.4, -0.2) is 40.5 Å². The third-order valence-corrected chi connectivity index (χ3v) is 6.44. The van der Waals surface area contributed by atoms with Crippen LogP contribution in [0.15, 0.2) is 71.8 Å². The van der Waals surface area contributed by atoms with Crippen LogP contribution in [0, 0.1) is 6.92 Å². The Balaban J connectivity index is 1.73. The second kappa shape index (κ2) is 8.54. The lowest BCUT2D eigenvalue weighted by Gasteiger charge is -2.20. The average molecular weight is 425 g/mol. The molecular formula is C22H24N4O3S. The van der Waals surface area contributed by atoms with Crippen molar-refractivity contribution in [3.05, 3.63) is 78.0 Å². The van der Waals surface area contributed by atoms with Gasteiger partial charge in [0.15, 0.2) is 0 Å². The fourth-order valence-corrected chi connectivity index (χ4v) is 3.95. The number of rotatable bonds is 6. The van der Waals surface area contributed by atoms with Crippen molar-refractivity contribution < 1.29 is 13.2 Å². The second-order valence-corrected chi connectivity index (χ2v) is 9.06. The van der Waals surface area contributed by atoms with E-state index >= 15 is 0 Å². The average Bonchev–Trinajstić information content (AvgIpc) is 2.74. The lowest BCUT2D eigenvalue weighted by atomic mass is 10.2. The maximum Gasteiger partial charge on any atom is 0.264 e. The molecule has 1 amide bonds. The molecule has 0 radical (unpaired) electrons. The van der Waals surface area contributed by atoms with Crippen LogP contribution in [0.25, 0.3) is 0 Å². The Morgan fingerprint density at radius 1 is 0.900 bits per heavy atom. The normalized spacial score (nSPS) is 11.1. The molecule has 1 aromatic heterocycles. The van der Waals surface area contributed by atoms with E-state index in [1.165, 1.54) is 11.4 Å². The van der Waals surface area contributed by atoms with Gasteiger partial charge in [0.25, 0.3) is 15.9 Å². The van der Waals surface area contributed by atoms with E-state index in [4.69, 9.17) is 0 Å². The summed E-state index contributed by atoms with van der Waals surface area (Å²) in [6.07, 6.45) is 1.59. The van der Waals surface area contributed by atoms with Gasteiger partial charge in [0, 0.05) is 26.7 Å². The molecule has 0 atom stereocenters. The van der Waals surface area contributed by atoms with Gasteiger partial charge < -0.3 is 10.2 Å². The highest BCUT2D eigenvalue weighted by Crippen LogP contribution is 2.23. The van der Waals surface area contributed by atoms with Gasteiger partial charge in [-0.05, 0) is 55.5 Å². The Morgan fingerprint density at radius 3 is 2.07 bits per heavy atom. The van der Waals surface area contributed by atoms with Crippen LogP contribution in [0.5, 0.6) is 0 Å². The van der Waals surface area contributed by atoms with Gasteiger partial charge in [-0.15, -0.1) is 0 Å². The molecule has 0 aliphatic carbocycles. The number of amides is 1. The molecule has 2 aromatic carbocycles. The SMILES string of the molecule is Cc1ccc(S(=O)(=O)N(C)c2ccc(C(=O)Nc3ccc(N(C)C)nc3)cc2)cc1. The van der Waals surface area contributed by atoms with E-state index in [-0.39, 0.29) is 10.8 Å². The summed E-state index contributed by atoms with van der Waals surface area (Å²) in [5, 5.41) is 2.78. The van der Waals surface area contributed by atoms with E-state index in [1.807, 2.05) is 32.0 Å². The van der Waals surface area contributed by atoms with Crippen molar-refractivity contribution in [1.82, 2.24) is 4.98 Å². The van der Waals surface area contributed by atoms with E-state index in [1.54, 1.807) is 60.8 Å². The number of pyridine rings is 1. The molecule has 0 bridgehead atoms. The van der Waals surface area contributed by atoms with Crippen LogP contribution >= 0.6 is 0 Å². The van der Waals surface area contributed by atoms with Crippen LogP contribution in [0.1, 0.15) is 15.9 Å². The molecule has 1 heterocycles. The monoisotopic (exact) mass is 424 g/mol. The smallest absolute Gasteiger partial charge is 0.264 e. The van der Waals surface area contributed by atoms with E-state index in [0.29, 0.717) is 16.9 Å². The van der Waals surface area contributed by atoms with Gasteiger partial charge in [-0.25, -0.2) is 13.4 Å². The number of nitrogens with zero attached hydrogens (tertiary/aromatic N) is 3. The number of benzene rings is 2. The first-order valence-corrected chi connectivity index (χ1v) is 10.7. The van der Waals surface area contributed by atoms with E-state index < -0.39 is 10.0 Å². The van der Waals surface area contributed by atoms with Crippen molar-refractivity contribution in [2.75, 3.05) is 35.7 Å².